The number of hydrogen-bond donors (Lipinski definition) is 1. The third-order valence-electron chi connectivity index (χ3n) is 5.43. The van der Waals surface area contributed by atoms with Gasteiger partial charge in [0.05, 0.1) is 16.5 Å². The Balaban J connectivity index is 1.75. The van der Waals surface area contributed by atoms with Crippen molar-refractivity contribution in [3.63, 3.8) is 0 Å². The number of hydrogen-bond acceptors (Lipinski definition) is 3. The van der Waals surface area contributed by atoms with Crippen molar-refractivity contribution in [1.82, 2.24) is 4.90 Å². The van der Waals surface area contributed by atoms with E-state index in [4.69, 9.17) is 0 Å². The van der Waals surface area contributed by atoms with Crippen LogP contribution in [0.15, 0.2) is 47.4 Å². The lowest BCUT2D eigenvalue weighted by molar-refractivity contribution is -0.184. The van der Waals surface area contributed by atoms with Crippen LogP contribution in [0.25, 0.3) is 0 Å². The Hall–Kier alpha value is -2.55. The van der Waals surface area contributed by atoms with Gasteiger partial charge in [-0.3, -0.25) is 9.52 Å². The Kier molecular flexibility index (Phi) is 6.12. The molecular formula is C21H23F3N2O3S. The average Bonchev–Trinajstić information content (AvgIpc) is 2.70. The number of sulfonamides is 1. The van der Waals surface area contributed by atoms with E-state index < -0.39 is 28.0 Å². The maximum atomic E-state index is 13.0. The average molecular weight is 440 g/mol. The summed E-state index contributed by atoms with van der Waals surface area (Å²) >= 11 is 0. The van der Waals surface area contributed by atoms with Gasteiger partial charge in [-0.15, -0.1) is 0 Å². The predicted octanol–water partition coefficient (Wildman–Crippen LogP) is 4.52. The standard InChI is InChI=1S/C21H23F3N2O3S/c1-14-5-3-7-19(15(14)2)25-30(28,29)18-10-8-16(9-11-18)20(27)26-12-4-6-17(13-26)21(22,23)24/h3,5,7-11,17,25H,4,6,12-13H2,1-2H3. The van der Waals surface area contributed by atoms with Gasteiger partial charge in [-0.1, -0.05) is 12.1 Å². The van der Waals surface area contributed by atoms with E-state index in [2.05, 4.69) is 4.72 Å². The van der Waals surface area contributed by atoms with Crippen LogP contribution in [-0.4, -0.2) is 38.5 Å². The molecule has 0 saturated carbocycles. The lowest BCUT2D eigenvalue weighted by Gasteiger charge is -2.33. The molecule has 2 aromatic rings. The topological polar surface area (TPSA) is 66.5 Å². The SMILES string of the molecule is Cc1cccc(NS(=O)(=O)c2ccc(C(=O)N3CCCC(C(F)(F)F)C3)cc2)c1C. The van der Waals surface area contributed by atoms with E-state index in [1.54, 1.807) is 12.1 Å². The van der Waals surface area contributed by atoms with E-state index in [1.165, 1.54) is 29.2 Å². The summed E-state index contributed by atoms with van der Waals surface area (Å²) in [7, 11) is -3.87. The molecule has 1 heterocycles. The summed E-state index contributed by atoms with van der Waals surface area (Å²) in [5.41, 5.74) is 2.36. The maximum Gasteiger partial charge on any atom is 0.393 e. The number of likely N-dealkylation sites (tertiary alicyclic amines) is 1. The van der Waals surface area contributed by atoms with E-state index in [0.29, 0.717) is 5.69 Å². The molecule has 0 aromatic heterocycles. The van der Waals surface area contributed by atoms with Gasteiger partial charge in [0.15, 0.2) is 0 Å². The highest BCUT2D eigenvalue weighted by molar-refractivity contribution is 7.92. The fourth-order valence-corrected chi connectivity index (χ4v) is 4.58. The van der Waals surface area contributed by atoms with Crippen LogP contribution in [0.1, 0.15) is 34.3 Å². The molecule has 1 aliphatic heterocycles. The first kappa shape index (κ1) is 22.1. The number of carbonyl (C=O) groups is 1. The molecule has 0 spiro atoms. The van der Waals surface area contributed by atoms with Gasteiger partial charge in [-0.05, 0) is 68.1 Å². The maximum absolute atomic E-state index is 13.0. The van der Waals surface area contributed by atoms with Gasteiger partial charge in [0.2, 0.25) is 0 Å². The zero-order chi connectivity index (χ0) is 22.1. The Morgan fingerprint density at radius 1 is 1.10 bits per heavy atom. The molecule has 1 N–H and O–H groups in total. The monoisotopic (exact) mass is 440 g/mol. The van der Waals surface area contributed by atoms with Gasteiger partial charge in [0, 0.05) is 18.7 Å². The molecular weight excluding hydrogens is 417 g/mol. The number of aryl methyl sites for hydroxylation is 1. The van der Waals surface area contributed by atoms with E-state index in [-0.39, 0.29) is 36.4 Å². The quantitative estimate of drug-likeness (QED) is 0.760. The summed E-state index contributed by atoms with van der Waals surface area (Å²) in [4.78, 5) is 13.7. The van der Waals surface area contributed by atoms with Gasteiger partial charge in [0.25, 0.3) is 15.9 Å². The number of nitrogens with zero attached hydrogens (tertiary/aromatic N) is 1. The highest BCUT2D eigenvalue weighted by Gasteiger charge is 2.42. The number of carbonyl (C=O) groups excluding carboxylic acids is 1. The number of alkyl halides is 3. The van der Waals surface area contributed by atoms with Crippen molar-refractivity contribution in [2.75, 3.05) is 17.8 Å². The molecule has 162 valence electrons. The molecule has 1 saturated heterocycles. The molecule has 2 aromatic carbocycles. The molecule has 1 amide bonds. The van der Waals surface area contributed by atoms with Crippen LogP contribution in [-0.2, 0) is 10.0 Å². The summed E-state index contributed by atoms with van der Waals surface area (Å²) < 4.78 is 66.8. The van der Waals surface area contributed by atoms with E-state index >= 15 is 0 Å². The second kappa shape index (κ2) is 8.29. The largest absolute Gasteiger partial charge is 0.393 e. The first-order chi connectivity index (χ1) is 14.0. The minimum Gasteiger partial charge on any atom is -0.338 e. The van der Waals surface area contributed by atoms with Crippen LogP contribution in [0.3, 0.4) is 0 Å². The molecule has 0 radical (unpaired) electrons. The molecule has 1 fully saturated rings. The first-order valence-corrected chi connectivity index (χ1v) is 11.0. The Labute approximate surface area is 173 Å². The van der Waals surface area contributed by atoms with Gasteiger partial charge in [0.1, 0.15) is 0 Å². The highest BCUT2D eigenvalue weighted by Crippen LogP contribution is 2.33. The van der Waals surface area contributed by atoms with Crippen LogP contribution < -0.4 is 4.72 Å². The summed E-state index contributed by atoms with van der Waals surface area (Å²) in [6, 6.07) is 10.5. The van der Waals surface area contributed by atoms with Crippen molar-refractivity contribution in [2.45, 2.75) is 37.8 Å². The van der Waals surface area contributed by atoms with Crippen molar-refractivity contribution < 1.29 is 26.4 Å². The van der Waals surface area contributed by atoms with E-state index in [1.807, 2.05) is 19.9 Å². The molecule has 1 aliphatic rings. The number of amides is 1. The molecule has 0 bridgehead atoms. The molecule has 5 nitrogen and oxygen atoms in total. The van der Waals surface area contributed by atoms with Crippen molar-refractivity contribution in [2.24, 2.45) is 5.92 Å². The van der Waals surface area contributed by atoms with Crippen molar-refractivity contribution in [3.05, 3.63) is 59.2 Å². The molecule has 3 rings (SSSR count). The van der Waals surface area contributed by atoms with Gasteiger partial charge in [-0.2, -0.15) is 13.2 Å². The number of benzene rings is 2. The van der Waals surface area contributed by atoms with E-state index in [9.17, 15) is 26.4 Å². The molecule has 30 heavy (non-hydrogen) atoms. The summed E-state index contributed by atoms with van der Waals surface area (Å²) in [6.45, 7) is 3.55. The Bertz CT molecular complexity index is 1030. The third-order valence-corrected chi connectivity index (χ3v) is 6.81. The number of nitrogens with one attached hydrogen (secondary N) is 1. The van der Waals surface area contributed by atoms with Gasteiger partial charge < -0.3 is 4.90 Å². The lowest BCUT2D eigenvalue weighted by atomic mass is 9.97. The van der Waals surface area contributed by atoms with Crippen LogP contribution in [0.4, 0.5) is 18.9 Å². The zero-order valence-corrected chi connectivity index (χ0v) is 17.5. The highest BCUT2D eigenvalue weighted by atomic mass is 32.2. The van der Waals surface area contributed by atoms with Crippen molar-refractivity contribution >= 4 is 21.6 Å². The first-order valence-electron chi connectivity index (χ1n) is 9.54. The van der Waals surface area contributed by atoms with E-state index in [0.717, 1.165) is 11.1 Å². The molecule has 1 atom stereocenters. The second-order valence-corrected chi connectivity index (χ2v) is 9.19. The van der Waals surface area contributed by atoms with Crippen molar-refractivity contribution in [1.29, 1.82) is 0 Å². The van der Waals surface area contributed by atoms with Crippen LogP contribution in [0.2, 0.25) is 0 Å². The summed E-state index contributed by atoms with van der Waals surface area (Å²) in [5.74, 6) is -2.06. The summed E-state index contributed by atoms with van der Waals surface area (Å²) in [5, 5.41) is 0. The fourth-order valence-electron chi connectivity index (χ4n) is 3.45. The normalized spacial score (nSPS) is 17.6. The third kappa shape index (κ3) is 4.77. The summed E-state index contributed by atoms with van der Waals surface area (Å²) in [6.07, 6.45) is -4.05. The molecule has 0 aliphatic carbocycles. The van der Waals surface area contributed by atoms with Crippen LogP contribution in [0.5, 0.6) is 0 Å². The smallest absolute Gasteiger partial charge is 0.338 e. The number of piperidine rings is 1. The minimum absolute atomic E-state index is 0.00844. The lowest BCUT2D eigenvalue weighted by Crippen LogP contribution is -2.44. The predicted molar refractivity (Wildman–Crippen MR) is 108 cm³/mol. The van der Waals surface area contributed by atoms with Gasteiger partial charge in [-0.25, -0.2) is 8.42 Å². The second-order valence-electron chi connectivity index (χ2n) is 7.51. The number of anilines is 1. The zero-order valence-electron chi connectivity index (χ0n) is 16.7. The van der Waals surface area contributed by atoms with Crippen LogP contribution in [0, 0.1) is 19.8 Å². The van der Waals surface area contributed by atoms with Crippen molar-refractivity contribution in [3.8, 4) is 0 Å². The van der Waals surface area contributed by atoms with Gasteiger partial charge >= 0.3 is 6.18 Å². The molecule has 1 unspecified atom stereocenters. The number of rotatable bonds is 4. The fraction of sp³-hybridized carbons (Fsp3) is 0.381. The van der Waals surface area contributed by atoms with Crippen LogP contribution >= 0.6 is 0 Å². The Morgan fingerprint density at radius 3 is 2.40 bits per heavy atom. The Morgan fingerprint density at radius 2 is 1.77 bits per heavy atom. The minimum atomic E-state index is -4.34. The molecule has 9 heteroatoms. The number of halogens is 3.